The van der Waals surface area contributed by atoms with Crippen LogP contribution in [0.4, 0.5) is 10.5 Å². The fourth-order valence-electron chi connectivity index (χ4n) is 1.80. The summed E-state index contributed by atoms with van der Waals surface area (Å²) < 4.78 is 0.980. The standard InChI is InChI=1S/C15H16BrN3O2S/c1-10-7-11(16)4-5-13(10)17-9-14(20)19-15(21)18-8-12-3-2-6-22-12/h2-7,17H,8-9H2,1H3,(H2,18,19,20,21). The molecule has 0 atom stereocenters. The Balaban J connectivity index is 1.74. The van der Waals surface area contributed by atoms with E-state index in [-0.39, 0.29) is 12.5 Å². The lowest BCUT2D eigenvalue weighted by Gasteiger charge is -2.10. The molecule has 0 spiro atoms. The molecule has 0 unspecified atom stereocenters. The van der Waals surface area contributed by atoms with Crippen LogP contribution in [0, 0.1) is 6.92 Å². The van der Waals surface area contributed by atoms with Gasteiger partial charge in [0.2, 0.25) is 5.91 Å². The Morgan fingerprint density at radius 3 is 2.77 bits per heavy atom. The third-order valence-corrected chi connectivity index (χ3v) is 4.25. The van der Waals surface area contributed by atoms with Gasteiger partial charge in [0.1, 0.15) is 0 Å². The minimum absolute atomic E-state index is 0.0366. The van der Waals surface area contributed by atoms with Crippen molar-refractivity contribution < 1.29 is 9.59 Å². The number of urea groups is 1. The maximum Gasteiger partial charge on any atom is 0.321 e. The molecule has 0 fully saturated rings. The number of carbonyl (C=O) groups is 2. The number of benzene rings is 1. The summed E-state index contributed by atoms with van der Waals surface area (Å²) >= 11 is 4.93. The average molecular weight is 382 g/mol. The summed E-state index contributed by atoms with van der Waals surface area (Å²) in [6.07, 6.45) is 0. The van der Waals surface area contributed by atoms with Crippen molar-refractivity contribution in [2.45, 2.75) is 13.5 Å². The predicted octanol–water partition coefficient (Wildman–Crippen LogP) is 3.26. The van der Waals surface area contributed by atoms with Gasteiger partial charge in [-0.25, -0.2) is 4.79 Å². The normalized spacial score (nSPS) is 10.1. The van der Waals surface area contributed by atoms with E-state index in [1.54, 1.807) is 11.3 Å². The first-order valence-electron chi connectivity index (χ1n) is 6.64. The van der Waals surface area contributed by atoms with Crippen molar-refractivity contribution in [2.24, 2.45) is 0 Å². The minimum Gasteiger partial charge on any atom is -0.376 e. The molecule has 1 aromatic heterocycles. The fraction of sp³-hybridized carbons (Fsp3) is 0.200. The van der Waals surface area contributed by atoms with E-state index in [1.165, 1.54) is 0 Å². The molecule has 1 heterocycles. The van der Waals surface area contributed by atoms with Crippen LogP contribution in [0.15, 0.2) is 40.2 Å². The molecule has 0 bridgehead atoms. The van der Waals surface area contributed by atoms with E-state index in [2.05, 4.69) is 31.9 Å². The second-order valence-electron chi connectivity index (χ2n) is 4.62. The van der Waals surface area contributed by atoms with Gasteiger partial charge in [-0.1, -0.05) is 22.0 Å². The lowest BCUT2D eigenvalue weighted by molar-refractivity contribution is -0.118. The van der Waals surface area contributed by atoms with E-state index in [4.69, 9.17) is 0 Å². The summed E-state index contributed by atoms with van der Waals surface area (Å²) in [4.78, 5) is 24.4. The highest BCUT2D eigenvalue weighted by molar-refractivity contribution is 9.10. The molecule has 2 aromatic rings. The Bertz CT molecular complexity index is 659. The third kappa shape index (κ3) is 5.16. The van der Waals surface area contributed by atoms with Gasteiger partial charge in [0.15, 0.2) is 0 Å². The number of carbonyl (C=O) groups excluding carboxylic acids is 2. The van der Waals surface area contributed by atoms with E-state index in [0.717, 1.165) is 20.6 Å². The van der Waals surface area contributed by atoms with Crippen LogP contribution in [0.25, 0.3) is 0 Å². The van der Waals surface area contributed by atoms with Gasteiger partial charge in [0, 0.05) is 15.0 Å². The van der Waals surface area contributed by atoms with Crippen molar-refractivity contribution in [1.29, 1.82) is 0 Å². The number of halogens is 1. The Morgan fingerprint density at radius 2 is 2.09 bits per heavy atom. The van der Waals surface area contributed by atoms with Gasteiger partial charge in [-0.05, 0) is 42.1 Å². The highest BCUT2D eigenvalue weighted by atomic mass is 79.9. The molecule has 7 heteroatoms. The first-order chi connectivity index (χ1) is 10.5. The molecule has 0 radical (unpaired) electrons. The van der Waals surface area contributed by atoms with Gasteiger partial charge in [0.25, 0.3) is 0 Å². The first-order valence-corrected chi connectivity index (χ1v) is 8.32. The number of rotatable bonds is 5. The van der Waals surface area contributed by atoms with E-state index in [9.17, 15) is 9.59 Å². The minimum atomic E-state index is -0.493. The molecule has 0 saturated heterocycles. The maximum absolute atomic E-state index is 11.7. The summed E-state index contributed by atoms with van der Waals surface area (Å²) in [5, 5.41) is 9.87. The zero-order valence-corrected chi connectivity index (χ0v) is 14.4. The van der Waals surface area contributed by atoms with Crippen molar-refractivity contribution in [1.82, 2.24) is 10.6 Å². The molecule has 3 N–H and O–H groups in total. The van der Waals surface area contributed by atoms with Gasteiger partial charge in [-0.3, -0.25) is 10.1 Å². The van der Waals surface area contributed by atoms with Crippen molar-refractivity contribution in [3.63, 3.8) is 0 Å². The Morgan fingerprint density at radius 1 is 1.27 bits per heavy atom. The Hall–Kier alpha value is -1.86. The molecule has 5 nitrogen and oxygen atoms in total. The topological polar surface area (TPSA) is 70.2 Å². The van der Waals surface area contributed by atoms with Gasteiger partial charge in [0.05, 0.1) is 13.1 Å². The quantitative estimate of drug-likeness (QED) is 0.744. The monoisotopic (exact) mass is 381 g/mol. The first kappa shape index (κ1) is 16.5. The van der Waals surface area contributed by atoms with Crippen LogP contribution in [0.1, 0.15) is 10.4 Å². The second kappa shape index (κ2) is 7.95. The zero-order chi connectivity index (χ0) is 15.9. The number of anilines is 1. The highest BCUT2D eigenvalue weighted by Gasteiger charge is 2.08. The summed E-state index contributed by atoms with van der Waals surface area (Å²) in [5.41, 5.74) is 1.88. The molecule has 3 amide bonds. The molecule has 0 aliphatic rings. The third-order valence-electron chi connectivity index (χ3n) is 2.88. The molecule has 2 rings (SSSR count). The molecule has 0 aliphatic heterocycles. The van der Waals surface area contributed by atoms with Gasteiger partial charge >= 0.3 is 6.03 Å². The van der Waals surface area contributed by atoms with Crippen LogP contribution in [0.3, 0.4) is 0 Å². The second-order valence-corrected chi connectivity index (χ2v) is 6.57. The van der Waals surface area contributed by atoms with Crippen molar-refractivity contribution >= 4 is 44.9 Å². The maximum atomic E-state index is 11.7. The lowest BCUT2D eigenvalue weighted by Crippen LogP contribution is -2.41. The highest BCUT2D eigenvalue weighted by Crippen LogP contribution is 2.19. The molecular formula is C15H16BrN3O2S. The van der Waals surface area contributed by atoms with Gasteiger partial charge in [-0.15, -0.1) is 11.3 Å². The van der Waals surface area contributed by atoms with E-state index >= 15 is 0 Å². The SMILES string of the molecule is Cc1cc(Br)ccc1NCC(=O)NC(=O)NCc1cccs1. The van der Waals surface area contributed by atoms with Crippen molar-refractivity contribution in [3.8, 4) is 0 Å². The van der Waals surface area contributed by atoms with Crippen LogP contribution in [-0.2, 0) is 11.3 Å². The van der Waals surface area contributed by atoms with E-state index in [0.29, 0.717) is 6.54 Å². The number of thiophene rings is 1. The molecule has 116 valence electrons. The van der Waals surface area contributed by atoms with E-state index in [1.807, 2.05) is 42.6 Å². The smallest absolute Gasteiger partial charge is 0.321 e. The average Bonchev–Trinajstić information content (AvgIpc) is 2.97. The number of aryl methyl sites for hydroxylation is 1. The van der Waals surface area contributed by atoms with Crippen LogP contribution >= 0.6 is 27.3 Å². The molecular weight excluding hydrogens is 366 g/mol. The summed E-state index contributed by atoms with van der Waals surface area (Å²) in [7, 11) is 0. The Labute approximate surface area is 141 Å². The molecule has 0 aliphatic carbocycles. The predicted molar refractivity (Wildman–Crippen MR) is 92.1 cm³/mol. The van der Waals surface area contributed by atoms with Crippen molar-refractivity contribution in [2.75, 3.05) is 11.9 Å². The van der Waals surface area contributed by atoms with Crippen LogP contribution in [0.2, 0.25) is 0 Å². The van der Waals surface area contributed by atoms with Crippen LogP contribution in [0.5, 0.6) is 0 Å². The molecule has 22 heavy (non-hydrogen) atoms. The number of amides is 3. The lowest BCUT2D eigenvalue weighted by atomic mass is 10.2. The van der Waals surface area contributed by atoms with Crippen molar-refractivity contribution in [3.05, 3.63) is 50.6 Å². The molecule has 1 aromatic carbocycles. The molecule has 0 saturated carbocycles. The van der Waals surface area contributed by atoms with Gasteiger partial charge in [-0.2, -0.15) is 0 Å². The Kier molecular flexibility index (Phi) is 5.97. The zero-order valence-electron chi connectivity index (χ0n) is 12.0. The fourth-order valence-corrected chi connectivity index (χ4v) is 2.92. The van der Waals surface area contributed by atoms with Gasteiger partial charge < -0.3 is 10.6 Å². The van der Waals surface area contributed by atoms with Crippen LogP contribution < -0.4 is 16.0 Å². The largest absolute Gasteiger partial charge is 0.376 e. The number of hydrogen-bond acceptors (Lipinski definition) is 4. The number of nitrogens with one attached hydrogen (secondary N) is 3. The number of hydrogen-bond donors (Lipinski definition) is 3. The summed E-state index contributed by atoms with van der Waals surface area (Å²) in [6.45, 7) is 2.39. The van der Waals surface area contributed by atoms with Crippen LogP contribution in [-0.4, -0.2) is 18.5 Å². The van der Waals surface area contributed by atoms with E-state index < -0.39 is 6.03 Å². The summed E-state index contributed by atoms with van der Waals surface area (Å²) in [6, 6.07) is 9.06. The number of imide groups is 1. The summed E-state index contributed by atoms with van der Waals surface area (Å²) in [5.74, 6) is -0.383.